The van der Waals surface area contributed by atoms with E-state index < -0.39 is 5.54 Å². The lowest BCUT2D eigenvalue weighted by atomic mass is 9.94. The highest BCUT2D eigenvalue weighted by molar-refractivity contribution is 6.02. The summed E-state index contributed by atoms with van der Waals surface area (Å²) in [5, 5.41) is 12.6. The summed E-state index contributed by atoms with van der Waals surface area (Å²) in [6, 6.07) is 2.29. The predicted molar refractivity (Wildman–Crippen MR) is 60.7 cm³/mol. The summed E-state index contributed by atoms with van der Waals surface area (Å²) in [6.45, 7) is 2.81. The Hall–Kier alpha value is -1.41. The fraction of sp³-hybridized carbons (Fsp3) is 0.750. The van der Waals surface area contributed by atoms with E-state index in [1.165, 1.54) is 4.90 Å². The molecule has 1 N–H and O–H groups in total. The molecule has 2 amide bonds. The van der Waals surface area contributed by atoms with Gasteiger partial charge in [0.1, 0.15) is 5.54 Å². The molecule has 2 rings (SSSR count). The van der Waals surface area contributed by atoms with Crippen molar-refractivity contribution in [1.82, 2.24) is 10.2 Å². The summed E-state index contributed by atoms with van der Waals surface area (Å²) in [5.74, 6) is -0.0185. The topological polar surface area (TPSA) is 73.2 Å². The number of carbonyl (C=O) groups excluding carboxylic acids is 2. The van der Waals surface area contributed by atoms with E-state index in [0.717, 1.165) is 12.8 Å². The Kier molecular flexibility index (Phi) is 3.16. The van der Waals surface area contributed by atoms with Gasteiger partial charge in [0.25, 0.3) is 0 Å². The van der Waals surface area contributed by atoms with E-state index in [1.54, 1.807) is 0 Å². The molecule has 0 radical (unpaired) electrons. The van der Waals surface area contributed by atoms with Gasteiger partial charge < -0.3 is 0 Å². The van der Waals surface area contributed by atoms with Gasteiger partial charge in [-0.3, -0.25) is 19.8 Å². The Bertz CT molecular complexity index is 368. The monoisotopic (exact) mass is 235 g/mol. The normalized spacial score (nSPS) is 23.6. The van der Waals surface area contributed by atoms with E-state index in [-0.39, 0.29) is 37.1 Å². The second-order valence-corrected chi connectivity index (χ2v) is 4.76. The number of carbonyl (C=O) groups is 2. The molecule has 0 aromatic carbocycles. The molecule has 17 heavy (non-hydrogen) atoms. The van der Waals surface area contributed by atoms with E-state index in [9.17, 15) is 14.9 Å². The summed E-state index contributed by atoms with van der Waals surface area (Å²) in [4.78, 5) is 24.4. The maximum atomic E-state index is 11.6. The lowest BCUT2D eigenvalue weighted by Gasteiger charge is -2.31. The van der Waals surface area contributed by atoms with Gasteiger partial charge in [-0.05, 0) is 25.3 Å². The van der Waals surface area contributed by atoms with Crippen molar-refractivity contribution in [2.24, 2.45) is 5.92 Å². The average molecular weight is 235 g/mol. The van der Waals surface area contributed by atoms with E-state index in [1.807, 2.05) is 6.92 Å². The van der Waals surface area contributed by atoms with Crippen molar-refractivity contribution in [3.05, 3.63) is 0 Å². The number of imide groups is 1. The standard InChI is InChI=1S/C12H17N3O2/c1-2-14-12(7-13,9-3-4-9)8-15-10(16)5-6-11(15)17/h9,14H,2-6,8H2,1H3. The fourth-order valence-corrected chi connectivity index (χ4v) is 2.44. The van der Waals surface area contributed by atoms with Gasteiger partial charge >= 0.3 is 0 Å². The van der Waals surface area contributed by atoms with Crippen molar-refractivity contribution in [3.63, 3.8) is 0 Å². The average Bonchev–Trinajstić information content (AvgIpc) is 3.11. The van der Waals surface area contributed by atoms with Crippen LogP contribution in [0.3, 0.4) is 0 Å². The predicted octanol–water partition coefficient (Wildman–Crippen LogP) is 0.417. The minimum absolute atomic E-state index is 0.145. The van der Waals surface area contributed by atoms with Crippen LogP contribution in [0.2, 0.25) is 0 Å². The van der Waals surface area contributed by atoms with E-state index in [4.69, 9.17) is 0 Å². The van der Waals surface area contributed by atoms with Crippen LogP contribution in [0.25, 0.3) is 0 Å². The number of likely N-dealkylation sites (tertiary alicyclic amines) is 1. The van der Waals surface area contributed by atoms with Crippen molar-refractivity contribution in [3.8, 4) is 6.07 Å². The Labute approximate surface area is 101 Å². The molecular weight excluding hydrogens is 218 g/mol. The van der Waals surface area contributed by atoms with Crippen LogP contribution < -0.4 is 5.32 Å². The number of nitrogens with one attached hydrogen (secondary N) is 1. The molecule has 0 aromatic rings. The van der Waals surface area contributed by atoms with Crippen LogP contribution in [0.1, 0.15) is 32.6 Å². The minimum atomic E-state index is -0.732. The molecule has 5 nitrogen and oxygen atoms in total. The molecule has 92 valence electrons. The number of nitriles is 1. The van der Waals surface area contributed by atoms with Gasteiger partial charge in [-0.1, -0.05) is 6.92 Å². The second-order valence-electron chi connectivity index (χ2n) is 4.76. The van der Waals surface area contributed by atoms with E-state index in [0.29, 0.717) is 6.54 Å². The summed E-state index contributed by atoms with van der Waals surface area (Å²) >= 11 is 0. The van der Waals surface area contributed by atoms with Crippen LogP contribution in [-0.4, -0.2) is 35.3 Å². The van der Waals surface area contributed by atoms with Crippen molar-refractivity contribution < 1.29 is 9.59 Å². The lowest BCUT2D eigenvalue weighted by Crippen LogP contribution is -2.55. The first-order chi connectivity index (χ1) is 8.13. The fourth-order valence-electron chi connectivity index (χ4n) is 2.44. The quantitative estimate of drug-likeness (QED) is 0.701. The van der Waals surface area contributed by atoms with Crippen LogP contribution in [0.4, 0.5) is 0 Å². The third-order valence-corrected chi connectivity index (χ3v) is 3.53. The van der Waals surface area contributed by atoms with Crippen molar-refractivity contribution >= 4 is 11.8 Å². The summed E-state index contributed by atoms with van der Waals surface area (Å²) < 4.78 is 0. The summed E-state index contributed by atoms with van der Waals surface area (Å²) in [7, 11) is 0. The Morgan fingerprint density at radius 3 is 2.41 bits per heavy atom. The van der Waals surface area contributed by atoms with Crippen LogP contribution >= 0.6 is 0 Å². The first-order valence-electron chi connectivity index (χ1n) is 6.12. The maximum Gasteiger partial charge on any atom is 0.229 e. The lowest BCUT2D eigenvalue weighted by molar-refractivity contribution is -0.139. The molecule has 5 heteroatoms. The van der Waals surface area contributed by atoms with Gasteiger partial charge in [0.15, 0.2) is 0 Å². The Balaban J connectivity index is 2.14. The van der Waals surface area contributed by atoms with Gasteiger partial charge in [-0.15, -0.1) is 0 Å². The third kappa shape index (κ3) is 2.18. The molecule has 2 aliphatic rings. The Morgan fingerprint density at radius 1 is 1.41 bits per heavy atom. The molecule has 1 unspecified atom stereocenters. The zero-order valence-corrected chi connectivity index (χ0v) is 10.0. The highest BCUT2D eigenvalue weighted by atomic mass is 16.2. The number of hydrogen-bond acceptors (Lipinski definition) is 4. The highest BCUT2D eigenvalue weighted by Crippen LogP contribution is 2.40. The zero-order valence-electron chi connectivity index (χ0n) is 10.0. The molecule has 1 aliphatic heterocycles. The van der Waals surface area contributed by atoms with Gasteiger partial charge in [0.2, 0.25) is 11.8 Å². The van der Waals surface area contributed by atoms with Crippen molar-refractivity contribution in [2.45, 2.75) is 38.1 Å². The first-order valence-corrected chi connectivity index (χ1v) is 6.12. The van der Waals surface area contributed by atoms with Crippen LogP contribution in [-0.2, 0) is 9.59 Å². The summed E-state index contributed by atoms with van der Waals surface area (Å²) in [5.41, 5.74) is -0.732. The van der Waals surface area contributed by atoms with Crippen molar-refractivity contribution in [1.29, 1.82) is 5.26 Å². The Morgan fingerprint density at radius 2 is 2.00 bits per heavy atom. The summed E-state index contributed by atoms with van der Waals surface area (Å²) in [6.07, 6.45) is 2.57. The third-order valence-electron chi connectivity index (χ3n) is 3.53. The van der Waals surface area contributed by atoms with Gasteiger partial charge in [-0.2, -0.15) is 5.26 Å². The number of likely N-dealkylation sites (N-methyl/N-ethyl adjacent to an activating group) is 1. The van der Waals surface area contributed by atoms with Gasteiger partial charge in [0, 0.05) is 12.8 Å². The SMILES string of the molecule is CCNC(C#N)(CN1C(=O)CCC1=O)C1CC1. The molecule has 0 spiro atoms. The van der Waals surface area contributed by atoms with E-state index >= 15 is 0 Å². The molecule has 0 bridgehead atoms. The number of nitrogens with zero attached hydrogens (tertiary/aromatic N) is 2. The van der Waals surface area contributed by atoms with Crippen LogP contribution in [0.15, 0.2) is 0 Å². The molecule has 1 aliphatic carbocycles. The van der Waals surface area contributed by atoms with Gasteiger partial charge in [0.05, 0.1) is 12.6 Å². The minimum Gasteiger partial charge on any atom is -0.298 e. The molecule has 0 aromatic heterocycles. The van der Waals surface area contributed by atoms with Gasteiger partial charge in [-0.25, -0.2) is 0 Å². The molecule has 1 heterocycles. The molecular formula is C12H17N3O2. The molecule has 1 atom stereocenters. The van der Waals surface area contributed by atoms with Crippen LogP contribution in [0, 0.1) is 17.2 Å². The number of hydrogen-bond donors (Lipinski definition) is 1. The largest absolute Gasteiger partial charge is 0.298 e. The molecule has 1 saturated heterocycles. The second kappa shape index (κ2) is 4.46. The van der Waals surface area contributed by atoms with Crippen LogP contribution in [0.5, 0.6) is 0 Å². The number of rotatable bonds is 5. The molecule has 2 fully saturated rings. The van der Waals surface area contributed by atoms with E-state index in [2.05, 4.69) is 11.4 Å². The highest BCUT2D eigenvalue weighted by Gasteiger charge is 2.48. The maximum absolute atomic E-state index is 11.6. The van der Waals surface area contributed by atoms with Crippen molar-refractivity contribution in [2.75, 3.05) is 13.1 Å². The number of amides is 2. The smallest absolute Gasteiger partial charge is 0.229 e. The first kappa shape index (κ1) is 12.1. The molecule has 1 saturated carbocycles. The zero-order chi connectivity index (χ0) is 12.5.